The van der Waals surface area contributed by atoms with Gasteiger partial charge in [-0.1, -0.05) is 36.1 Å². The maximum absolute atomic E-state index is 10.5. The smallest absolute Gasteiger partial charge is 0.302 e. The van der Waals surface area contributed by atoms with Crippen molar-refractivity contribution < 1.29 is 14.6 Å². The lowest BCUT2D eigenvalue weighted by atomic mass is 10.2. The molecule has 0 aliphatic carbocycles. The zero-order valence-electron chi connectivity index (χ0n) is 11.2. The average Bonchev–Trinajstić information content (AvgIpc) is 2.36. The molecule has 0 spiro atoms. The first-order chi connectivity index (χ1) is 9.16. The van der Waals surface area contributed by atoms with Gasteiger partial charge >= 0.3 is 5.97 Å². The first-order valence-electron chi connectivity index (χ1n) is 5.93. The van der Waals surface area contributed by atoms with Crippen LogP contribution in [0, 0.1) is 23.7 Å². The summed E-state index contributed by atoms with van der Waals surface area (Å²) >= 11 is 0. The molecule has 1 atom stereocenters. The second-order valence-electron chi connectivity index (χ2n) is 3.48. The summed E-state index contributed by atoms with van der Waals surface area (Å²) in [5.41, 5.74) is 0. The van der Waals surface area contributed by atoms with E-state index in [9.17, 15) is 9.90 Å². The minimum absolute atomic E-state index is 0.213. The van der Waals surface area contributed by atoms with Gasteiger partial charge in [-0.2, -0.15) is 0 Å². The zero-order valence-corrected chi connectivity index (χ0v) is 11.2. The largest absolute Gasteiger partial charge is 0.466 e. The van der Waals surface area contributed by atoms with E-state index in [0.717, 1.165) is 0 Å². The predicted octanol–water partition coefficient (Wildman–Crippen LogP) is 2.00. The van der Waals surface area contributed by atoms with Gasteiger partial charge < -0.3 is 9.84 Å². The van der Waals surface area contributed by atoms with Crippen molar-refractivity contribution in [3.8, 4) is 23.7 Å². The monoisotopic (exact) mass is 258 g/mol. The van der Waals surface area contributed by atoms with Gasteiger partial charge in [0.05, 0.1) is 12.7 Å². The lowest BCUT2D eigenvalue weighted by molar-refractivity contribution is -0.141. The molecule has 0 aromatic rings. The van der Waals surface area contributed by atoms with E-state index in [1.165, 1.54) is 6.92 Å². The van der Waals surface area contributed by atoms with Crippen LogP contribution in [0.25, 0.3) is 0 Å². The highest BCUT2D eigenvalue weighted by Crippen LogP contribution is 1.95. The number of rotatable bonds is 5. The zero-order chi connectivity index (χ0) is 14.3. The van der Waals surface area contributed by atoms with Gasteiger partial charge in [-0.15, -0.1) is 0 Å². The quantitative estimate of drug-likeness (QED) is 0.466. The van der Waals surface area contributed by atoms with Gasteiger partial charge in [0.2, 0.25) is 0 Å². The summed E-state index contributed by atoms with van der Waals surface area (Å²) in [5.74, 6) is 10.4. The van der Waals surface area contributed by atoms with Crippen molar-refractivity contribution in [2.45, 2.75) is 26.4 Å². The van der Waals surface area contributed by atoms with Crippen molar-refractivity contribution in [1.82, 2.24) is 0 Å². The number of carbonyl (C=O) groups excluding carboxylic acids is 1. The van der Waals surface area contributed by atoms with Gasteiger partial charge in [0.25, 0.3) is 0 Å². The van der Waals surface area contributed by atoms with Gasteiger partial charge in [0.15, 0.2) is 0 Å². The van der Waals surface area contributed by atoms with Crippen molar-refractivity contribution in [2.24, 2.45) is 0 Å². The normalized spacial score (nSPS) is 11.9. The number of aliphatic hydroxyl groups is 1. The number of allylic oxidation sites excluding steroid dienone is 5. The van der Waals surface area contributed by atoms with Crippen LogP contribution in [-0.2, 0) is 9.53 Å². The molecule has 1 unspecified atom stereocenters. The molecule has 0 bridgehead atoms. The van der Waals surface area contributed by atoms with Crippen molar-refractivity contribution >= 4 is 5.97 Å². The lowest BCUT2D eigenvalue weighted by Crippen LogP contribution is -2.09. The SMILES string of the molecule is C/C=C/C#CC#C/C=C/C=C/C(O)CCOC(C)=O. The number of esters is 1. The lowest BCUT2D eigenvalue weighted by Gasteiger charge is -2.04. The van der Waals surface area contributed by atoms with Gasteiger partial charge in [-0.3, -0.25) is 4.79 Å². The van der Waals surface area contributed by atoms with Crippen molar-refractivity contribution in [2.75, 3.05) is 6.61 Å². The van der Waals surface area contributed by atoms with E-state index in [0.29, 0.717) is 6.42 Å². The summed E-state index contributed by atoms with van der Waals surface area (Å²) in [4.78, 5) is 10.5. The molecular formula is C16H18O3. The topological polar surface area (TPSA) is 46.5 Å². The Morgan fingerprint density at radius 2 is 1.95 bits per heavy atom. The first kappa shape index (κ1) is 16.8. The van der Waals surface area contributed by atoms with Crippen LogP contribution >= 0.6 is 0 Å². The number of ether oxygens (including phenoxy) is 1. The number of carbonyl (C=O) groups is 1. The maximum atomic E-state index is 10.5. The van der Waals surface area contributed by atoms with Crippen LogP contribution in [0.3, 0.4) is 0 Å². The van der Waals surface area contributed by atoms with Crippen LogP contribution in [0.5, 0.6) is 0 Å². The molecule has 0 amide bonds. The third-order valence-electron chi connectivity index (χ3n) is 1.80. The van der Waals surface area contributed by atoms with Crippen LogP contribution < -0.4 is 0 Å². The minimum Gasteiger partial charge on any atom is -0.466 e. The van der Waals surface area contributed by atoms with Crippen LogP contribution in [0.1, 0.15) is 20.3 Å². The second kappa shape index (κ2) is 12.2. The molecule has 0 saturated heterocycles. The summed E-state index contributed by atoms with van der Waals surface area (Å²) in [7, 11) is 0. The van der Waals surface area contributed by atoms with E-state index < -0.39 is 6.10 Å². The molecule has 0 heterocycles. The molecule has 0 aromatic heterocycles. The molecule has 0 radical (unpaired) electrons. The van der Waals surface area contributed by atoms with Crippen LogP contribution in [0.4, 0.5) is 0 Å². The second-order valence-corrected chi connectivity index (χ2v) is 3.48. The summed E-state index contributed by atoms with van der Waals surface area (Å²) < 4.78 is 4.71. The third-order valence-corrected chi connectivity index (χ3v) is 1.80. The molecule has 0 rings (SSSR count). The highest BCUT2D eigenvalue weighted by atomic mass is 16.5. The van der Waals surface area contributed by atoms with E-state index in [4.69, 9.17) is 4.74 Å². The molecule has 1 N–H and O–H groups in total. The van der Waals surface area contributed by atoms with Crippen LogP contribution in [-0.4, -0.2) is 23.8 Å². The van der Waals surface area contributed by atoms with Gasteiger partial charge in [-0.25, -0.2) is 0 Å². The molecule has 100 valence electrons. The Morgan fingerprint density at radius 1 is 1.26 bits per heavy atom. The van der Waals surface area contributed by atoms with E-state index in [-0.39, 0.29) is 12.6 Å². The highest BCUT2D eigenvalue weighted by Gasteiger charge is 1.99. The fraction of sp³-hybridized carbons (Fsp3) is 0.312. The number of hydrogen-bond donors (Lipinski definition) is 1. The van der Waals surface area contributed by atoms with Crippen molar-refractivity contribution in [3.63, 3.8) is 0 Å². The maximum Gasteiger partial charge on any atom is 0.302 e. The Bertz CT molecular complexity index is 462. The summed E-state index contributed by atoms with van der Waals surface area (Å²) in [5, 5.41) is 9.48. The molecule has 3 nitrogen and oxygen atoms in total. The Morgan fingerprint density at radius 3 is 2.58 bits per heavy atom. The number of hydrogen-bond acceptors (Lipinski definition) is 3. The van der Waals surface area contributed by atoms with E-state index in [1.54, 1.807) is 30.4 Å². The predicted molar refractivity (Wildman–Crippen MR) is 75.9 cm³/mol. The van der Waals surface area contributed by atoms with E-state index in [2.05, 4.69) is 23.7 Å². The van der Waals surface area contributed by atoms with Gasteiger partial charge in [0.1, 0.15) is 0 Å². The highest BCUT2D eigenvalue weighted by molar-refractivity contribution is 5.65. The first-order valence-corrected chi connectivity index (χ1v) is 5.93. The minimum atomic E-state index is -0.633. The van der Waals surface area contributed by atoms with Crippen LogP contribution in [0.2, 0.25) is 0 Å². The van der Waals surface area contributed by atoms with Gasteiger partial charge in [0, 0.05) is 13.3 Å². The molecule has 0 aromatic carbocycles. The molecule has 0 saturated carbocycles. The summed E-state index contributed by atoms with van der Waals surface area (Å²) in [6.45, 7) is 3.44. The Hall–Kier alpha value is -2.23. The van der Waals surface area contributed by atoms with Crippen LogP contribution in [0.15, 0.2) is 36.5 Å². The third kappa shape index (κ3) is 13.7. The van der Waals surface area contributed by atoms with Crippen molar-refractivity contribution in [3.05, 3.63) is 36.5 Å². The average molecular weight is 258 g/mol. The van der Waals surface area contributed by atoms with Gasteiger partial charge in [-0.05, 0) is 30.9 Å². The van der Waals surface area contributed by atoms with E-state index >= 15 is 0 Å². The summed E-state index contributed by atoms with van der Waals surface area (Å²) in [6.07, 6.45) is 9.94. The van der Waals surface area contributed by atoms with E-state index in [1.807, 2.05) is 13.0 Å². The summed E-state index contributed by atoms with van der Waals surface area (Å²) in [6, 6.07) is 0. The fourth-order valence-electron chi connectivity index (χ4n) is 0.955. The molecule has 19 heavy (non-hydrogen) atoms. The Balaban J connectivity index is 3.88. The molecule has 3 heteroatoms. The number of aliphatic hydroxyl groups excluding tert-OH is 1. The standard InChI is InChI=1S/C16H18O3/c1-3-4-5-6-7-8-9-10-11-12-16(18)13-14-19-15(2)17/h3-4,9-12,16,18H,13-14H2,1-2H3/b4-3+,10-9+,12-11+. The van der Waals surface area contributed by atoms with Crippen molar-refractivity contribution in [1.29, 1.82) is 0 Å². The molecule has 0 fully saturated rings. The molecule has 0 aliphatic heterocycles. The Labute approximate surface area is 114 Å². The fourth-order valence-corrected chi connectivity index (χ4v) is 0.955. The molecular weight excluding hydrogens is 240 g/mol. The Kier molecular flexibility index (Phi) is 10.8. The molecule has 0 aliphatic rings.